The Balaban J connectivity index is 1.56. The maximum Gasteiger partial charge on any atom is 0.308 e. The number of fused-ring (bicyclic) bond motifs is 1. The lowest BCUT2D eigenvalue weighted by Gasteiger charge is -2.39. The molecule has 2 unspecified atom stereocenters. The van der Waals surface area contributed by atoms with Crippen LogP contribution in [-0.4, -0.2) is 37.7 Å². The zero-order chi connectivity index (χ0) is 18.7. The Morgan fingerprint density at radius 2 is 2.31 bits per heavy atom. The highest BCUT2D eigenvalue weighted by Gasteiger charge is 2.42. The lowest BCUT2D eigenvalue weighted by molar-refractivity contribution is -0.146. The maximum atomic E-state index is 12.3. The number of aliphatic carboxylic acids is 1. The highest BCUT2D eigenvalue weighted by Crippen LogP contribution is 2.34. The third-order valence-corrected chi connectivity index (χ3v) is 6.49. The molecule has 1 saturated carbocycles. The molecule has 0 radical (unpaired) electrons. The zero-order valence-electron chi connectivity index (χ0n) is 14.4. The molecule has 1 amide bonds. The molecule has 7 nitrogen and oxygen atoms in total. The molecule has 2 heterocycles. The molecule has 0 aliphatic heterocycles. The first kappa shape index (κ1) is 18.9. The van der Waals surface area contributed by atoms with Crippen LogP contribution in [0.25, 0.3) is 4.96 Å². The molecule has 2 atom stereocenters. The van der Waals surface area contributed by atoms with Gasteiger partial charge in [-0.05, 0) is 19.8 Å². The van der Waals surface area contributed by atoms with E-state index in [1.807, 2.05) is 6.92 Å². The highest BCUT2D eigenvalue weighted by molar-refractivity contribution is 7.99. The van der Waals surface area contributed by atoms with Crippen molar-refractivity contribution in [3.05, 3.63) is 33.7 Å². The second-order valence-corrected chi connectivity index (χ2v) is 8.59. The minimum absolute atomic E-state index is 0.129. The lowest BCUT2D eigenvalue weighted by Crippen LogP contribution is -2.55. The summed E-state index contributed by atoms with van der Waals surface area (Å²) >= 11 is 2.75. The van der Waals surface area contributed by atoms with Gasteiger partial charge in [-0.2, -0.15) is 0 Å². The number of nitrogens with one attached hydrogen (secondary N) is 1. The smallest absolute Gasteiger partial charge is 0.308 e. The topological polar surface area (TPSA) is 101 Å². The number of nitrogens with zero attached hydrogens (tertiary/aromatic N) is 2. The molecule has 140 valence electrons. The monoisotopic (exact) mass is 395 g/mol. The van der Waals surface area contributed by atoms with Crippen LogP contribution in [0, 0.1) is 5.92 Å². The van der Waals surface area contributed by atoms with E-state index in [1.54, 1.807) is 11.6 Å². The summed E-state index contributed by atoms with van der Waals surface area (Å²) in [7, 11) is 0. The van der Waals surface area contributed by atoms with E-state index >= 15 is 0 Å². The Hall–Kier alpha value is -1.87. The Labute approximate surface area is 158 Å². The SMILES string of the molecule is CC1(NC(=O)CSCc2cc(=O)n3ccsc3n2)CCCCC1C(=O)O. The number of hydrogen-bond donors (Lipinski definition) is 2. The number of amides is 1. The van der Waals surface area contributed by atoms with Crippen molar-refractivity contribution in [2.75, 3.05) is 5.75 Å². The fraction of sp³-hybridized carbons (Fsp3) is 0.529. The number of aromatic nitrogens is 2. The minimum atomic E-state index is -0.853. The summed E-state index contributed by atoms with van der Waals surface area (Å²) in [6.07, 6.45) is 4.75. The molecule has 9 heteroatoms. The van der Waals surface area contributed by atoms with Gasteiger partial charge in [-0.1, -0.05) is 12.8 Å². The van der Waals surface area contributed by atoms with Gasteiger partial charge in [-0.15, -0.1) is 23.1 Å². The predicted octanol–water partition coefficient (Wildman–Crippen LogP) is 2.14. The van der Waals surface area contributed by atoms with Crippen molar-refractivity contribution in [3.8, 4) is 0 Å². The molecule has 2 aromatic heterocycles. The molecule has 1 aliphatic rings. The van der Waals surface area contributed by atoms with Crippen LogP contribution in [0.15, 0.2) is 22.4 Å². The number of carboxylic acids is 1. The van der Waals surface area contributed by atoms with Crippen LogP contribution < -0.4 is 10.9 Å². The number of carboxylic acid groups (broad SMARTS) is 1. The average Bonchev–Trinajstić information content (AvgIpc) is 3.03. The van der Waals surface area contributed by atoms with Crippen molar-refractivity contribution in [2.45, 2.75) is 43.9 Å². The first-order valence-electron chi connectivity index (χ1n) is 8.46. The van der Waals surface area contributed by atoms with E-state index in [4.69, 9.17) is 0 Å². The summed E-state index contributed by atoms with van der Waals surface area (Å²) < 4.78 is 1.49. The van der Waals surface area contributed by atoms with Crippen LogP contribution >= 0.6 is 23.1 Å². The van der Waals surface area contributed by atoms with E-state index < -0.39 is 17.4 Å². The van der Waals surface area contributed by atoms with Gasteiger partial charge in [0.05, 0.1) is 22.9 Å². The Bertz CT molecular complexity index is 878. The summed E-state index contributed by atoms with van der Waals surface area (Å²) in [4.78, 5) is 40.8. The number of thioether (sulfide) groups is 1. The van der Waals surface area contributed by atoms with Gasteiger partial charge in [-0.25, -0.2) is 4.98 Å². The van der Waals surface area contributed by atoms with Gasteiger partial charge < -0.3 is 10.4 Å². The summed E-state index contributed by atoms with van der Waals surface area (Å²) in [5.41, 5.74) is -0.188. The molecule has 3 rings (SSSR count). The van der Waals surface area contributed by atoms with E-state index in [-0.39, 0.29) is 17.2 Å². The largest absolute Gasteiger partial charge is 0.481 e. The molecule has 0 saturated heterocycles. The van der Waals surface area contributed by atoms with Crippen molar-refractivity contribution in [3.63, 3.8) is 0 Å². The highest BCUT2D eigenvalue weighted by atomic mass is 32.2. The second-order valence-electron chi connectivity index (χ2n) is 6.74. The van der Waals surface area contributed by atoms with Gasteiger partial charge >= 0.3 is 5.97 Å². The van der Waals surface area contributed by atoms with Crippen molar-refractivity contribution in [1.29, 1.82) is 0 Å². The number of carbonyl (C=O) groups excluding carboxylic acids is 1. The van der Waals surface area contributed by atoms with Crippen LogP contribution in [0.1, 0.15) is 38.3 Å². The van der Waals surface area contributed by atoms with E-state index in [0.717, 1.165) is 12.8 Å². The van der Waals surface area contributed by atoms with Gasteiger partial charge in [0.1, 0.15) is 0 Å². The fourth-order valence-corrected chi connectivity index (χ4v) is 4.90. The number of carbonyl (C=O) groups is 2. The van der Waals surface area contributed by atoms with Crippen molar-refractivity contribution >= 4 is 39.9 Å². The Morgan fingerprint density at radius 1 is 1.50 bits per heavy atom. The number of hydrogen-bond acceptors (Lipinski definition) is 6. The summed E-state index contributed by atoms with van der Waals surface area (Å²) in [5.74, 6) is -0.925. The lowest BCUT2D eigenvalue weighted by atomic mass is 9.74. The second kappa shape index (κ2) is 7.79. The van der Waals surface area contributed by atoms with Crippen LogP contribution in [0.3, 0.4) is 0 Å². The Kier molecular flexibility index (Phi) is 5.67. The third kappa shape index (κ3) is 4.09. The molecule has 0 spiro atoms. The van der Waals surface area contributed by atoms with E-state index in [9.17, 15) is 19.5 Å². The average molecular weight is 396 g/mol. The van der Waals surface area contributed by atoms with Crippen LogP contribution in [-0.2, 0) is 15.3 Å². The van der Waals surface area contributed by atoms with Crippen LogP contribution in [0.4, 0.5) is 0 Å². The molecule has 26 heavy (non-hydrogen) atoms. The predicted molar refractivity (Wildman–Crippen MR) is 102 cm³/mol. The zero-order valence-corrected chi connectivity index (χ0v) is 16.1. The van der Waals surface area contributed by atoms with E-state index in [0.29, 0.717) is 29.2 Å². The molecule has 1 aliphatic carbocycles. The van der Waals surface area contributed by atoms with Crippen LogP contribution in [0.5, 0.6) is 0 Å². The quantitative estimate of drug-likeness (QED) is 0.777. The van der Waals surface area contributed by atoms with Gasteiger partial charge in [-0.3, -0.25) is 18.8 Å². The van der Waals surface area contributed by atoms with Gasteiger partial charge in [0.2, 0.25) is 5.91 Å². The molecule has 2 aromatic rings. The van der Waals surface area contributed by atoms with Crippen molar-refractivity contribution in [1.82, 2.24) is 14.7 Å². The summed E-state index contributed by atoms with van der Waals surface area (Å²) in [6, 6.07) is 1.48. The molecule has 2 N–H and O–H groups in total. The maximum absolute atomic E-state index is 12.3. The third-order valence-electron chi connectivity index (χ3n) is 4.77. The Morgan fingerprint density at radius 3 is 3.08 bits per heavy atom. The van der Waals surface area contributed by atoms with E-state index in [2.05, 4.69) is 10.3 Å². The normalized spacial score (nSPS) is 23.0. The van der Waals surface area contributed by atoms with Crippen molar-refractivity contribution in [2.24, 2.45) is 5.92 Å². The molecular formula is C17H21N3O4S2. The summed E-state index contributed by atoms with van der Waals surface area (Å²) in [5, 5.41) is 14.1. The molecular weight excluding hydrogens is 374 g/mol. The molecule has 0 bridgehead atoms. The van der Waals surface area contributed by atoms with E-state index in [1.165, 1.54) is 33.6 Å². The first-order valence-corrected chi connectivity index (χ1v) is 10.5. The standard InChI is InChI=1S/C17H21N3O4S2/c1-17(5-3-2-4-12(17)15(23)24)19-13(21)10-25-9-11-8-14(22)20-6-7-26-16(20)18-11/h6-8,12H,2-5,9-10H2,1H3,(H,19,21)(H,23,24). The van der Waals surface area contributed by atoms with Gasteiger partial charge in [0.25, 0.3) is 5.56 Å². The number of rotatable bonds is 6. The fourth-order valence-electron chi connectivity index (χ4n) is 3.44. The molecule has 1 fully saturated rings. The molecule has 0 aromatic carbocycles. The first-order chi connectivity index (χ1) is 12.4. The van der Waals surface area contributed by atoms with Gasteiger partial charge in [0.15, 0.2) is 4.96 Å². The van der Waals surface area contributed by atoms with Gasteiger partial charge in [0, 0.05) is 23.4 Å². The number of thiazole rings is 1. The van der Waals surface area contributed by atoms with Crippen LogP contribution in [0.2, 0.25) is 0 Å². The minimum Gasteiger partial charge on any atom is -0.481 e. The summed E-state index contributed by atoms with van der Waals surface area (Å²) in [6.45, 7) is 1.82. The van der Waals surface area contributed by atoms with Crippen molar-refractivity contribution < 1.29 is 14.7 Å².